The first-order chi connectivity index (χ1) is 16.5. The van der Waals surface area contributed by atoms with Crippen molar-refractivity contribution >= 4 is 14.1 Å². The molecule has 190 valence electrons. The van der Waals surface area contributed by atoms with Gasteiger partial charge < -0.3 is 4.43 Å². The van der Waals surface area contributed by atoms with Crippen LogP contribution < -0.4 is 0 Å². The van der Waals surface area contributed by atoms with Crippen molar-refractivity contribution in [2.75, 3.05) is 0 Å². The van der Waals surface area contributed by atoms with E-state index in [1.807, 2.05) is 18.2 Å². The average Bonchev–Trinajstić information content (AvgIpc) is 2.77. The summed E-state index contributed by atoms with van der Waals surface area (Å²) in [6, 6.07) is 10.3. The zero-order valence-electron chi connectivity index (χ0n) is 23.0. The highest BCUT2D eigenvalue weighted by atomic mass is 28.4. The second kappa shape index (κ2) is 11.4. The molecule has 2 fully saturated rings. The molecular formula is C32H46O2Si. The van der Waals surface area contributed by atoms with Gasteiger partial charge in [-0.25, -0.2) is 0 Å². The fraction of sp³-hybridized carbons (Fsp3) is 0.594. The number of ketones is 1. The minimum Gasteiger partial charge on any atom is -0.410 e. The lowest BCUT2D eigenvalue weighted by Gasteiger charge is -2.50. The number of carbonyl (C=O) groups excluding carboxylic acids is 1. The molecule has 3 rings (SSSR count). The van der Waals surface area contributed by atoms with Crippen LogP contribution in [0.15, 0.2) is 54.6 Å². The minimum absolute atomic E-state index is 0.0928. The Bertz CT molecular complexity index is 966. The maximum atomic E-state index is 12.5. The highest BCUT2D eigenvalue weighted by Gasteiger charge is 2.47. The van der Waals surface area contributed by atoms with Gasteiger partial charge in [0.05, 0.1) is 6.10 Å². The molecular weight excluding hydrogens is 444 g/mol. The van der Waals surface area contributed by atoms with Crippen LogP contribution in [-0.2, 0) is 9.22 Å². The first-order valence-electron chi connectivity index (χ1n) is 13.6. The Morgan fingerprint density at radius 1 is 1.06 bits per heavy atom. The first-order valence-corrected chi connectivity index (χ1v) is 16.5. The van der Waals surface area contributed by atoms with Crippen molar-refractivity contribution in [2.24, 2.45) is 10.8 Å². The second-order valence-electron chi connectivity index (χ2n) is 12.5. The topological polar surface area (TPSA) is 26.3 Å². The molecule has 0 radical (unpaired) electrons. The lowest BCUT2D eigenvalue weighted by Crippen LogP contribution is -2.51. The highest BCUT2D eigenvalue weighted by molar-refractivity contribution is 6.74. The van der Waals surface area contributed by atoms with Gasteiger partial charge in [-0.3, -0.25) is 4.79 Å². The number of Topliss-reactive ketones (excluding diaryl/α,β-unsaturated/α-hetero) is 1. The Labute approximate surface area is 215 Å². The highest BCUT2D eigenvalue weighted by Crippen LogP contribution is 2.51. The van der Waals surface area contributed by atoms with Crippen LogP contribution in [0.1, 0.15) is 91.0 Å². The summed E-state index contributed by atoms with van der Waals surface area (Å²) >= 11 is 0. The third-order valence-electron chi connectivity index (χ3n) is 8.78. The summed E-state index contributed by atoms with van der Waals surface area (Å²) in [4.78, 5) is 12.5. The molecule has 0 N–H and O–H groups in total. The number of benzene rings is 1. The molecule has 1 aromatic rings. The first kappa shape index (κ1) is 27.7. The summed E-state index contributed by atoms with van der Waals surface area (Å²) in [5.41, 5.74) is 0.940. The molecule has 0 saturated heterocycles. The molecule has 0 amide bonds. The van der Waals surface area contributed by atoms with E-state index in [9.17, 15) is 4.79 Å². The molecule has 1 aromatic carbocycles. The third kappa shape index (κ3) is 7.08. The van der Waals surface area contributed by atoms with Crippen LogP contribution in [-0.4, -0.2) is 20.2 Å². The van der Waals surface area contributed by atoms with Gasteiger partial charge in [0.2, 0.25) is 0 Å². The van der Waals surface area contributed by atoms with Gasteiger partial charge in [-0.05, 0) is 74.7 Å². The maximum absolute atomic E-state index is 12.5. The lowest BCUT2D eigenvalue weighted by atomic mass is 9.62. The summed E-state index contributed by atoms with van der Waals surface area (Å²) < 4.78 is 7.07. The number of carbonyl (C=O) groups is 1. The molecule has 0 spiro atoms. The van der Waals surface area contributed by atoms with E-state index in [1.54, 1.807) is 0 Å². The predicted octanol–water partition coefficient (Wildman–Crippen LogP) is 8.64. The van der Waals surface area contributed by atoms with Gasteiger partial charge in [0.15, 0.2) is 8.32 Å². The van der Waals surface area contributed by atoms with E-state index in [-0.39, 0.29) is 22.0 Å². The summed E-state index contributed by atoms with van der Waals surface area (Å²) in [5.74, 6) is 7.14. The fourth-order valence-electron chi connectivity index (χ4n) is 4.98. The average molecular weight is 491 g/mol. The Morgan fingerprint density at radius 3 is 2.37 bits per heavy atom. The maximum Gasteiger partial charge on any atom is 0.192 e. The van der Waals surface area contributed by atoms with Crippen LogP contribution in [0.4, 0.5) is 0 Å². The standard InChI is InChI=1S/C32H46O2Si/c1-30(2,3)35(5,6)34-29(21-12-14-23-31(4)22-13-11-20-28(31)33)32(25-16-26-32)24-15-10-19-27-17-8-7-9-18-27/h7-9,12,14,17-18,21,23,29H,11,13,15-16,20,22,24-26H2,1-6H3/b21-12+,23-14+. The van der Waals surface area contributed by atoms with Crippen LogP contribution in [0.3, 0.4) is 0 Å². The van der Waals surface area contributed by atoms with Crippen LogP contribution in [0, 0.1) is 22.7 Å². The number of allylic oxidation sites excluding steroid dienone is 3. The van der Waals surface area contributed by atoms with E-state index >= 15 is 0 Å². The Balaban J connectivity index is 1.77. The lowest BCUT2D eigenvalue weighted by molar-refractivity contribution is -0.127. The molecule has 2 nitrogen and oxygen atoms in total. The molecule has 2 unspecified atom stereocenters. The molecule has 0 aromatic heterocycles. The van der Waals surface area contributed by atoms with E-state index in [0.29, 0.717) is 5.78 Å². The van der Waals surface area contributed by atoms with Gasteiger partial charge in [-0.15, -0.1) is 0 Å². The number of hydrogen-bond donors (Lipinski definition) is 0. The Morgan fingerprint density at radius 2 is 1.77 bits per heavy atom. The van der Waals surface area contributed by atoms with Gasteiger partial charge in [0.25, 0.3) is 0 Å². The van der Waals surface area contributed by atoms with Gasteiger partial charge in [-0.1, -0.05) is 88.0 Å². The minimum atomic E-state index is -1.94. The van der Waals surface area contributed by atoms with E-state index in [1.165, 1.54) is 19.3 Å². The van der Waals surface area contributed by atoms with Gasteiger partial charge in [-0.2, -0.15) is 0 Å². The van der Waals surface area contributed by atoms with Gasteiger partial charge in [0, 0.05) is 23.8 Å². The monoisotopic (exact) mass is 490 g/mol. The van der Waals surface area contributed by atoms with Crippen molar-refractivity contribution in [1.29, 1.82) is 0 Å². The van der Waals surface area contributed by atoms with Crippen LogP contribution in [0.25, 0.3) is 0 Å². The molecule has 2 atom stereocenters. The van der Waals surface area contributed by atoms with Crippen molar-refractivity contribution < 1.29 is 9.22 Å². The summed E-state index contributed by atoms with van der Waals surface area (Å²) in [5, 5.41) is 0.162. The largest absolute Gasteiger partial charge is 0.410 e. The van der Waals surface area contributed by atoms with E-state index in [4.69, 9.17) is 4.43 Å². The quantitative estimate of drug-likeness (QED) is 0.207. The second-order valence-corrected chi connectivity index (χ2v) is 17.2. The molecule has 2 aliphatic rings. The number of rotatable bonds is 8. The Hall–Kier alpha value is -1.89. The fourth-order valence-corrected chi connectivity index (χ4v) is 6.30. The number of hydrogen-bond acceptors (Lipinski definition) is 2. The van der Waals surface area contributed by atoms with Crippen molar-refractivity contribution in [3.8, 4) is 11.8 Å². The van der Waals surface area contributed by atoms with Crippen LogP contribution >= 0.6 is 0 Å². The molecule has 2 saturated carbocycles. The van der Waals surface area contributed by atoms with Crippen LogP contribution in [0.5, 0.6) is 0 Å². The summed E-state index contributed by atoms with van der Waals surface area (Å²) in [7, 11) is -1.94. The summed E-state index contributed by atoms with van der Waals surface area (Å²) in [6.45, 7) is 13.7. The molecule has 0 bridgehead atoms. The molecule has 0 aliphatic heterocycles. The zero-order valence-corrected chi connectivity index (χ0v) is 24.0. The molecule has 2 aliphatic carbocycles. The molecule has 0 heterocycles. The van der Waals surface area contributed by atoms with Crippen molar-refractivity contribution in [3.05, 3.63) is 60.2 Å². The SMILES string of the molecule is CC1(/C=C/C=C/C(O[Si](C)(C)C(C)(C)C)C2(CCC#Cc3ccccc3)CCC2)CCCCC1=O. The summed E-state index contributed by atoms with van der Waals surface area (Å²) in [6.07, 6.45) is 18.2. The van der Waals surface area contributed by atoms with Crippen molar-refractivity contribution in [2.45, 2.75) is 110 Å². The molecule has 3 heteroatoms. The van der Waals surface area contributed by atoms with Crippen molar-refractivity contribution in [1.82, 2.24) is 0 Å². The van der Waals surface area contributed by atoms with E-state index in [0.717, 1.165) is 44.1 Å². The van der Waals surface area contributed by atoms with Crippen molar-refractivity contribution in [3.63, 3.8) is 0 Å². The van der Waals surface area contributed by atoms with Gasteiger partial charge >= 0.3 is 0 Å². The molecule has 35 heavy (non-hydrogen) atoms. The Kier molecular flexibility index (Phi) is 9.05. The van der Waals surface area contributed by atoms with Crippen LogP contribution in [0.2, 0.25) is 18.1 Å². The zero-order chi connectivity index (χ0) is 25.6. The van der Waals surface area contributed by atoms with Gasteiger partial charge in [0.1, 0.15) is 5.78 Å². The van der Waals surface area contributed by atoms with E-state index < -0.39 is 8.32 Å². The third-order valence-corrected chi connectivity index (χ3v) is 13.2. The smallest absolute Gasteiger partial charge is 0.192 e. The normalized spacial score (nSPS) is 23.7. The predicted molar refractivity (Wildman–Crippen MR) is 151 cm³/mol. The van der Waals surface area contributed by atoms with E-state index in [2.05, 4.69) is 89.1 Å².